The molecule has 0 aliphatic heterocycles. The topological polar surface area (TPSA) is 40.5 Å². The molecule has 86 valence electrons. The van der Waals surface area contributed by atoms with E-state index in [9.17, 15) is 26.3 Å². The number of aliphatic hydroxyl groups is 2. The summed E-state index contributed by atoms with van der Waals surface area (Å²) in [6.07, 6.45) is -11.7. The third-order valence-corrected chi connectivity index (χ3v) is 1.85. The summed E-state index contributed by atoms with van der Waals surface area (Å²) in [6, 6.07) is 0. The highest BCUT2D eigenvalue weighted by Crippen LogP contribution is 2.47. The van der Waals surface area contributed by atoms with Gasteiger partial charge >= 0.3 is 12.4 Å². The average molecular weight is 226 g/mol. The van der Waals surface area contributed by atoms with Gasteiger partial charge in [-0.2, -0.15) is 26.3 Å². The van der Waals surface area contributed by atoms with Gasteiger partial charge in [0.15, 0.2) is 0 Å². The van der Waals surface area contributed by atoms with Crippen LogP contribution in [0.4, 0.5) is 26.3 Å². The fourth-order valence-corrected chi connectivity index (χ4v) is 0.852. The predicted molar refractivity (Wildman–Crippen MR) is 33.3 cm³/mol. The van der Waals surface area contributed by atoms with E-state index in [1.165, 1.54) is 0 Å². The number of alkyl halides is 6. The Kier molecular flexibility index (Phi) is 3.45. The average Bonchev–Trinajstić information content (AvgIpc) is 1.97. The molecule has 0 aliphatic rings. The van der Waals surface area contributed by atoms with Gasteiger partial charge in [-0.15, -0.1) is 0 Å². The van der Waals surface area contributed by atoms with Crippen LogP contribution in [0.15, 0.2) is 0 Å². The van der Waals surface area contributed by atoms with Crippen LogP contribution >= 0.6 is 0 Å². The molecule has 14 heavy (non-hydrogen) atoms. The molecule has 0 spiro atoms. The molecule has 0 bridgehead atoms. The van der Waals surface area contributed by atoms with E-state index in [1.807, 2.05) is 0 Å². The molecule has 0 aromatic rings. The van der Waals surface area contributed by atoms with Gasteiger partial charge in [-0.1, -0.05) is 6.92 Å². The van der Waals surface area contributed by atoms with Crippen molar-refractivity contribution in [3.05, 3.63) is 0 Å². The number of aliphatic hydroxyl groups excluding tert-OH is 1. The number of hydrogen-bond acceptors (Lipinski definition) is 2. The third-order valence-electron chi connectivity index (χ3n) is 1.85. The van der Waals surface area contributed by atoms with Crippen LogP contribution in [-0.2, 0) is 0 Å². The molecule has 0 aliphatic carbocycles. The largest absolute Gasteiger partial charge is 0.426 e. The Hall–Kier alpha value is -0.500. The maximum Gasteiger partial charge on any atom is 0.426 e. The molecule has 1 atom stereocenters. The van der Waals surface area contributed by atoms with Gasteiger partial charge in [-0.25, -0.2) is 0 Å². The molecule has 2 nitrogen and oxygen atoms in total. The minimum absolute atomic E-state index is 0.459. The van der Waals surface area contributed by atoms with E-state index in [4.69, 9.17) is 10.2 Å². The molecule has 8 heteroatoms. The Balaban J connectivity index is 5.29. The Morgan fingerprint density at radius 2 is 1.29 bits per heavy atom. The van der Waals surface area contributed by atoms with Crippen molar-refractivity contribution in [2.45, 2.75) is 24.9 Å². The summed E-state index contributed by atoms with van der Waals surface area (Å²) in [6.45, 7) is -0.962. The molecule has 0 amide bonds. The maximum atomic E-state index is 12.0. The second-order valence-electron chi connectivity index (χ2n) is 2.85. The molecule has 0 heterocycles. The molecular formula is C6H8F6O2. The van der Waals surface area contributed by atoms with Crippen molar-refractivity contribution < 1.29 is 36.6 Å². The molecule has 0 aromatic heterocycles. The monoisotopic (exact) mass is 226 g/mol. The Morgan fingerprint density at radius 3 is 1.36 bits per heavy atom. The van der Waals surface area contributed by atoms with Crippen LogP contribution in [0.2, 0.25) is 0 Å². The molecule has 0 radical (unpaired) electrons. The third kappa shape index (κ3) is 1.95. The first-order chi connectivity index (χ1) is 5.98. The van der Waals surface area contributed by atoms with Crippen LogP contribution < -0.4 is 0 Å². The SMILES string of the molecule is CC(CO)C(O)(C(F)(F)F)C(F)(F)F. The molecular weight excluding hydrogens is 218 g/mol. The van der Waals surface area contributed by atoms with Crippen molar-refractivity contribution in [1.82, 2.24) is 0 Å². The zero-order chi connectivity index (χ0) is 11.8. The molecule has 2 N–H and O–H groups in total. The molecule has 0 aromatic carbocycles. The lowest BCUT2D eigenvalue weighted by atomic mass is 9.88. The van der Waals surface area contributed by atoms with Crippen molar-refractivity contribution in [3.63, 3.8) is 0 Å². The van der Waals surface area contributed by atoms with Gasteiger partial charge in [0, 0.05) is 12.5 Å². The molecule has 0 fully saturated rings. The van der Waals surface area contributed by atoms with Gasteiger partial charge in [0.25, 0.3) is 5.60 Å². The Morgan fingerprint density at radius 1 is 1.00 bits per heavy atom. The van der Waals surface area contributed by atoms with Crippen molar-refractivity contribution in [2.75, 3.05) is 6.61 Å². The van der Waals surface area contributed by atoms with E-state index in [0.717, 1.165) is 0 Å². The standard InChI is InChI=1S/C6H8F6O2/c1-3(2-13)4(14,5(7,8)9)6(10,11)12/h3,13-14H,2H2,1H3. The van der Waals surface area contributed by atoms with Gasteiger partial charge in [0.2, 0.25) is 0 Å². The van der Waals surface area contributed by atoms with Gasteiger partial charge in [-0.3, -0.25) is 0 Å². The van der Waals surface area contributed by atoms with Gasteiger partial charge in [0.05, 0.1) is 0 Å². The zero-order valence-electron chi connectivity index (χ0n) is 6.95. The lowest BCUT2D eigenvalue weighted by molar-refractivity contribution is -0.385. The normalized spacial score (nSPS) is 16.9. The van der Waals surface area contributed by atoms with Crippen LogP contribution in [-0.4, -0.2) is 34.8 Å². The second kappa shape index (κ2) is 3.58. The van der Waals surface area contributed by atoms with E-state index < -0.39 is 30.5 Å². The number of halogens is 6. The van der Waals surface area contributed by atoms with Gasteiger partial charge in [0.1, 0.15) is 0 Å². The molecule has 1 unspecified atom stereocenters. The van der Waals surface area contributed by atoms with E-state index in [-0.39, 0.29) is 0 Å². The summed E-state index contributed by atoms with van der Waals surface area (Å²) >= 11 is 0. The summed E-state index contributed by atoms with van der Waals surface area (Å²) in [7, 11) is 0. The molecule has 0 saturated carbocycles. The van der Waals surface area contributed by atoms with E-state index in [1.54, 1.807) is 0 Å². The lowest BCUT2D eigenvalue weighted by Gasteiger charge is -2.36. The van der Waals surface area contributed by atoms with Gasteiger partial charge < -0.3 is 10.2 Å². The second-order valence-corrected chi connectivity index (χ2v) is 2.85. The first-order valence-corrected chi connectivity index (χ1v) is 3.45. The minimum Gasteiger partial charge on any atom is -0.396 e. The van der Waals surface area contributed by atoms with Crippen LogP contribution in [0.3, 0.4) is 0 Å². The Bertz CT molecular complexity index is 181. The smallest absolute Gasteiger partial charge is 0.396 e. The quantitative estimate of drug-likeness (QED) is 0.700. The highest BCUT2D eigenvalue weighted by molar-refractivity contribution is 4.97. The fraction of sp³-hybridized carbons (Fsp3) is 1.00. The van der Waals surface area contributed by atoms with Crippen molar-refractivity contribution >= 4 is 0 Å². The summed E-state index contributed by atoms with van der Waals surface area (Å²) in [5.74, 6) is -2.37. The molecule has 0 rings (SSSR count). The highest BCUT2D eigenvalue weighted by atomic mass is 19.4. The van der Waals surface area contributed by atoms with Crippen LogP contribution in [0.25, 0.3) is 0 Å². The minimum atomic E-state index is -5.87. The van der Waals surface area contributed by atoms with Crippen molar-refractivity contribution in [2.24, 2.45) is 5.92 Å². The van der Waals surface area contributed by atoms with Crippen molar-refractivity contribution in [3.8, 4) is 0 Å². The summed E-state index contributed by atoms with van der Waals surface area (Å²) < 4.78 is 71.7. The lowest BCUT2D eigenvalue weighted by Crippen LogP contribution is -2.61. The first-order valence-electron chi connectivity index (χ1n) is 3.45. The zero-order valence-corrected chi connectivity index (χ0v) is 6.95. The van der Waals surface area contributed by atoms with E-state index in [0.29, 0.717) is 6.92 Å². The first kappa shape index (κ1) is 13.5. The predicted octanol–water partition coefficient (Wildman–Crippen LogP) is 1.47. The van der Waals surface area contributed by atoms with Crippen LogP contribution in [0.1, 0.15) is 6.92 Å². The maximum absolute atomic E-state index is 12.0. The highest BCUT2D eigenvalue weighted by Gasteiger charge is 2.72. The number of hydrogen-bond donors (Lipinski definition) is 2. The summed E-state index contributed by atoms with van der Waals surface area (Å²) in [4.78, 5) is 0. The Labute approximate surface area is 75.1 Å². The van der Waals surface area contributed by atoms with E-state index in [2.05, 4.69) is 0 Å². The van der Waals surface area contributed by atoms with Crippen molar-refractivity contribution in [1.29, 1.82) is 0 Å². The number of rotatable bonds is 2. The summed E-state index contributed by atoms with van der Waals surface area (Å²) in [5, 5.41) is 16.8. The molecule has 0 saturated heterocycles. The van der Waals surface area contributed by atoms with Gasteiger partial charge in [-0.05, 0) is 0 Å². The summed E-state index contributed by atoms with van der Waals surface area (Å²) in [5.41, 5.74) is -4.87. The van der Waals surface area contributed by atoms with Crippen LogP contribution in [0, 0.1) is 5.92 Å². The van der Waals surface area contributed by atoms with Crippen LogP contribution in [0.5, 0.6) is 0 Å². The fourth-order valence-electron chi connectivity index (χ4n) is 0.852. The van der Waals surface area contributed by atoms with E-state index >= 15 is 0 Å².